The Morgan fingerprint density at radius 2 is 1.70 bits per heavy atom. The highest BCUT2D eigenvalue weighted by molar-refractivity contribution is 4.85. The van der Waals surface area contributed by atoms with Gasteiger partial charge < -0.3 is 5.73 Å². The van der Waals surface area contributed by atoms with E-state index in [1.54, 1.807) is 0 Å². The number of hydrogen-bond acceptors (Lipinski definition) is 1. The van der Waals surface area contributed by atoms with Gasteiger partial charge in [-0.25, -0.2) is 0 Å². The smallest absolute Gasteiger partial charge is 0.00416 e. The van der Waals surface area contributed by atoms with Crippen LogP contribution in [0.1, 0.15) is 38.5 Å². The lowest BCUT2D eigenvalue weighted by Gasteiger charge is -2.29. The zero-order chi connectivity index (χ0) is 6.97. The fraction of sp³-hybridized carbons (Fsp3) is 1.00. The standard InChI is InChI=1S/C9H17N/c10-9-5-4-7-2-1-3-8(7)6-9/h7-9H,1-6,10H2. The van der Waals surface area contributed by atoms with Gasteiger partial charge in [0, 0.05) is 6.04 Å². The monoisotopic (exact) mass is 139 g/mol. The van der Waals surface area contributed by atoms with Crippen LogP contribution >= 0.6 is 0 Å². The third kappa shape index (κ3) is 1.07. The zero-order valence-electron chi connectivity index (χ0n) is 6.55. The van der Waals surface area contributed by atoms with E-state index in [1.807, 2.05) is 0 Å². The molecule has 0 amide bonds. The van der Waals surface area contributed by atoms with E-state index in [-0.39, 0.29) is 0 Å². The molecule has 2 aliphatic rings. The van der Waals surface area contributed by atoms with E-state index in [9.17, 15) is 0 Å². The molecule has 0 aliphatic heterocycles. The van der Waals surface area contributed by atoms with Crippen molar-refractivity contribution < 1.29 is 0 Å². The van der Waals surface area contributed by atoms with E-state index in [0.717, 1.165) is 11.8 Å². The van der Waals surface area contributed by atoms with E-state index >= 15 is 0 Å². The highest BCUT2D eigenvalue weighted by Gasteiger charge is 2.32. The lowest BCUT2D eigenvalue weighted by molar-refractivity contribution is 0.251. The molecule has 1 heteroatoms. The van der Waals surface area contributed by atoms with Gasteiger partial charge in [0.25, 0.3) is 0 Å². The molecule has 2 rings (SSSR count). The van der Waals surface area contributed by atoms with E-state index in [1.165, 1.54) is 38.5 Å². The zero-order valence-corrected chi connectivity index (χ0v) is 6.55. The van der Waals surface area contributed by atoms with E-state index in [2.05, 4.69) is 0 Å². The van der Waals surface area contributed by atoms with Crippen molar-refractivity contribution in [1.29, 1.82) is 0 Å². The fourth-order valence-electron chi connectivity index (χ4n) is 2.74. The van der Waals surface area contributed by atoms with E-state index in [4.69, 9.17) is 5.73 Å². The average molecular weight is 139 g/mol. The summed E-state index contributed by atoms with van der Waals surface area (Å²) in [5.41, 5.74) is 5.89. The van der Waals surface area contributed by atoms with Gasteiger partial charge >= 0.3 is 0 Å². The molecule has 2 N–H and O–H groups in total. The number of hydrogen-bond donors (Lipinski definition) is 1. The van der Waals surface area contributed by atoms with Gasteiger partial charge in [-0.15, -0.1) is 0 Å². The number of rotatable bonds is 0. The molecule has 0 aromatic carbocycles. The van der Waals surface area contributed by atoms with Crippen LogP contribution in [0.25, 0.3) is 0 Å². The van der Waals surface area contributed by atoms with Crippen molar-refractivity contribution in [3.05, 3.63) is 0 Å². The lowest BCUT2D eigenvalue weighted by atomic mass is 9.79. The van der Waals surface area contributed by atoms with Gasteiger partial charge in [-0.05, 0) is 31.1 Å². The summed E-state index contributed by atoms with van der Waals surface area (Å²) in [4.78, 5) is 0. The fourth-order valence-corrected chi connectivity index (χ4v) is 2.74. The second-order valence-corrected chi connectivity index (χ2v) is 4.02. The first-order valence-electron chi connectivity index (χ1n) is 4.62. The molecule has 2 fully saturated rings. The second kappa shape index (κ2) is 2.54. The Morgan fingerprint density at radius 1 is 0.900 bits per heavy atom. The van der Waals surface area contributed by atoms with Gasteiger partial charge in [-0.2, -0.15) is 0 Å². The van der Waals surface area contributed by atoms with Gasteiger partial charge in [-0.1, -0.05) is 19.3 Å². The van der Waals surface area contributed by atoms with Crippen LogP contribution in [-0.2, 0) is 0 Å². The number of nitrogens with two attached hydrogens (primary N) is 1. The van der Waals surface area contributed by atoms with Crippen molar-refractivity contribution in [2.24, 2.45) is 17.6 Å². The van der Waals surface area contributed by atoms with Crippen LogP contribution < -0.4 is 5.73 Å². The summed E-state index contributed by atoms with van der Waals surface area (Å²) in [6.45, 7) is 0. The SMILES string of the molecule is NC1CCC2CCCC2C1. The topological polar surface area (TPSA) is 26.0 Å². The van der Waals surface area contributed by atoms with Crippen LogP contribution in [0.3, 0.4) is 0 Å². The average Bonchev–Trinajstić information content (AvgIpc) is 2.33. The quantitative estimate of drug-likeness (QED) is 0.545. The normalized spacial score (nSPS) is 47.1. The van der Waals surface area contributed by atoms with Crippen LogP contribution in [0.4, 0.5) is 0 Å². The maximum Gasteiger partial charge on any atom is 0.00416 e. The summed E-state index contributed by atoms with van der Waals surface area (Å²) in [5, 5.41) is 0. The molecule has 0 bridgehead atoms. The minimum atomic E-state index is 0.541. The molecule has 0 saturated heterocycles. The predicted octanol–water partition coefficient (Wildman–Crippen LogP) is 1.91. The molecule has 58 valence electrons. The van der Waals surface area contributed by atoms with Gasteiger partial charge in [0.1, 0.15) is 0 Å². The molecule has 1 nitrogen and oxygen atoms in total. The summed E-state index contributed by atoms with van der Waals surface area (Å²) < 4.78 is 0. The molecule has 0 aromatic heterocycles. The molecule has 10 heavy (non-hydrogen) atoms. The molecule has 2 aliphatic carbocycles. The Bertz CT molecular complexity index is 122. The maximum atomic E-state index is 5.89. The Labute approximate surface area is 63.0 Å². The second-order valence-electron chi connectivity index (χ2n) is 4.02. The Morgan fingerprint density at radius 3 is 2.60 bits per heavy atom. The minimum Gasteiger partial charge on any atom is -0.328 e. The first-order valence-corrected chi connectivity index (χ1v) is 4.62. The van der Waals surface area contributed by atoms with Gasteiger partial charge in [0.15, 0.2) is 0 Å². The largest absolute Gasteiger partial charge is 0.328 e. The lowest BCUT2D eigenvalue weighted by Crippen LogP contribution is -2.30. The molecular formula is C9H17N. The van der Waals surface area contributed by atoms with Crippen molar-refractivity contribution >= 4 is 0 Å². The molecule has 3 atom stereocenters. The Hall–Kier alpha value is -0.0400. The minimum absolute atomic E-state index is 0.541. The van der Waals surface area contributed by atoms with Crippen molar-refractivity contribution in [3.63, 3.8) is 0 Å². The van der Waals surface area contributed by atoms with Crippen LogP contribution in [0.5, 0.6) is 0 Å². The highest BCUT2D eigenvalue weighted by Crippen LogP contribution is 2.41. The number of fused-ring (bicyclic) bond motifs is 1. The van der Waals surface area contributed by atoms with Crippen LogP contribution in [0.2, 0.25) is 0 Å². The molecule has 0 aromatic rings. The molecule has 0 radical (unpaired) electrons. The maximum absolute atomic E-state index is 5.89. The molecule has 0 spiro atoms. The summed E-state index contributed by atoms with van der Waals surface area (Å²) >= 11 is 0. The van der Waals surface area contributed by atoms with Crippen LogP contribution in [0, 0.1) is 11.8 Å². The first-order chi connectivity index (χ1) is 4.86. The van der Waals surface area contributed by atoms with Crippen LogP contribution in [0.15, 0.2) is 0 Å². The highest BCUT2D eigenvalue weighted by atomic mass is 14.6. The van der Waals surface area contributed by atoms with Gasteiger partial charge in [-0.3, -0.25) is 0 Å². The van der Waals surface area contributed by atoms with E-state index < -0.39 is 0 Å². The third-order valence-electron chi connectivity index (χ3n) is 3.33. The van der Waals surface area contributed by atoms with Crippen molar-refractivity contribution in [3.8, 4) is 0 Å². The summed E-state index contributed by atoms with van der Waals surface area (Å²) in [7, 11) is 0. The predicted molar refractivity (Wildman–Crippen MR) is 42.7 cm³/mol. The summed E-state index contributed by atoms with van der Waals surface area (Å²) in [6, 6.07) is 0.541. The molecular weight excluding hydrogens is 122 g/mol. The van der Waals surface area contributed by atoms with Crippen molar-refractivity contribution in [2.45, 2.75) is 44.6 Å². The van der Waals surface area contributed by atoms with Crippen LogP contribution in [-0.4, -0.2) is 6.04 Å². The summed E-state index contributed by atoms with van der Waals surface area (Å²) in [6.07, 6.45) is 8.48. The molecule has 2 saturated carbocycles. The third-order valence-corrected chi connectivity index (χ3v) is 3.33. The first kappa shape index (κ1) is 6.66. The molecule has 0 heterocycles. The van der Waals surface area contributed by atoms with Gasteiger partial charge in [0.2, 0.25) is 0 Å². The summed E-state index contributed by atoms with van der Waals surface area (Å²) in [5.74, 6) is 2.09. The van der Waals surface area contributed by atoms with Crippen molar-refractivity contribution in [1.82, 2.24) is 0 Å². The Kier molecular flexibility index (Phi) is 1.69. The van der Waals surface area contributed by atoms with E-state index in [0.29, 0.717) is 6.04 Å². The van der Waals surface area contributed by atoms with Crippen molar-refractivity contribution in [2.75, 3.05) is 0 Å². The van der Waals surface area contributed by atoms with Gasteiger partial charge in [0.05, 0.1) is 0 Å². The Balaban J connectivity index is 1.96. The molecule has 3 unspecified atom stereocenters.